The summed E-state index contributed by atoms with van der Waals surface area (Å²) in [4.78, 5) is 12.9. The van der Waals surface area contributed by atoms with Gasteiger partial charge in [-0.05, 0) is 50.2 Å². The van der Waals surface area contributed by atoms with Gasteiger partial charge in [-0.25, -0.2) is 0 Å². The normalized spacial score (nSPS) is 18.2. The van der Waals surface area contributed by atoms with E-state index in [-0.39, 0.29) is 5.78 Å². The molecule has 5 heteroatoms. The topological polar surface area (TPSA) is 47.6 Å². The number of rotatable bonds is 4. The fraction of sp³-hybridized carbons (Fsp3) is 0.211. The van der Waals surface area contributed by atoms with Crippen LogP contribution in [0.25, 0.3) is 0 Å². The molecule has 124 valence electrons. The fourth-order valence-corrected chi connectivity index (χ4v) is 2.75. The van der Waals surface area contributed by atoms with Crippen LogP contribution in [0.3, 0.4) is 0 Å². The summed E-state index contributed by atoms with van der Waals surface area (Å²) in [5.74, 6) is 0.479. The van der Waals surface area contributed by atoms with Gasteiger partial charge in [0.05, 0.1) is 11.1 Å². The van der Waals surface area contributed by atoms with Gasteiger partial charge in [0.1, 0.15) is 5.75 Å². The minimum atomic E-state index is -0.708. The molecular weight excluding hydrogens is 370 g/mol. The lowest BCUT2D eigenvalue weighted by Crippen LogP contribution is -2.33. The Hall–Kier alpha value is -2.11. The molecular formula is C19H18BrNO3. The van der Waals surface area contributed by atoms with Gasteiger partial charge in [-0.3, -0.25) is 4.79 Å². The summed E-state index contributed by atoms with van der Waals surface area (Å²) >= 11 is 3.40. The highest BCUT2D eigenvalue weighted by molar-refractivity contribution is 9.10. The molecule has 0 radical (unpaired) electrons. The second-order valence-electron chi connectivity index (χ2n) is 5.48. The second kappa shape index (κ2) is 7.20. The van der Waals surface area contributed by atoms with E-state index in [4.69, 9.17) is 9.47 Å². The largest absolute Gasteiger partial charge is 0.460 e. The van der Waals surface area contributed by atoms with Gasteiger partial charge >= 0.3 is 0 Å². The number of ketones is 1. The van der Waals surface area contributed by atoms with E-state index in [1.54, 1.807) is 6.20 Å². The molecule has 0 unspecified atom stereocenters. The summed E-state index contributed by atoms with van der Waals surface area (Å²) in [5, 5.41) is 3.14. The Morgan fingerprint density at radius 2 is 2.00 bits per heavy atom. The van der Waals surface area contributed by atoms with Gasteiger partial charge in [0.2, 0.25) is 6.29 Å². The van der Waals surface area contributed by atoms with Crippen molar-refractivity contribution in [1.29, 1.82) is 0 Å². The maximum absolute atomic E-state index is 12.9. The van der Waals surface area contributed by atoms with Crippen molar-refractivity contribution in [3.05, 3.63) is 69.8 Å². The van der Waals surface area contributed by atoms with Gasteiger partial charge in [0.25, 0.3) is 0 Å². The smallest absolute Gasteiger partial charge is 0.232 e. The number of fused-ring (bicyclic) bond motifs is 1. The molecule has 2 aromatic carbocycles. The van der Waals surface area contributed by atoms with Crippen LogP contribution < -0.4 is 10.1 Å². The van der Waals surface area contributed by atoms with E-state index in [9.17, 15) is 4.79 Å². The first-order valence-electron chi connectivity index (χ1n) is 7.74. The van der Waals surface area contributed by atoms with Crippen molar-refractivity contribution in [2.45, 2.75) is 20.1 Å². The SMILES string of the molecule is CCO[C@H]1Oc2ccc(C)cc2C(=O)/C1=C/Nc1ccc(Br)cc1. The van der Waals surface area contributed by atoms with Crippen molar-refractivity contribution < 1.29 is 14.3 Å². The van der Waals surface area contributed by atoms with E-state index >= 15 is 0 Å². The molecule has 0 saturated heterocycles. The first kappa shape index (κ1) is 16.7. The van der Waals surface area contributed by atoms with Crippen LogP contribution in [0.2, 0.25) is 0 Å². The van der Waals surface area contributed by atoms with Crippen molar-refractivity contribution in [2.75, 3.05) is 11.9 Å². The number of halogens is 1. The Morgan fingerprint density at radius 3 is 2.71 bits per heavy atom. The quantitative estimate of drug-likeness (QED) is 0.772. The average Bonchev–Trinajstić information content (AvgIpc) is 2.57. The molecule has 2 aromatic rings. The van der Waals surface area contributed by atoms with E-state index in [0.29, 0.717) is 23.5 Å². The number of aryl methyl sites for hydroxylation is 1. The zero-order valence-corrected chi connectivity index (χ0v) is 15.1. The molecule has 0 amide bonds. The van der Waals surface area contributed by atoms with Crippen molar-refractivity contribution in [3.63, 3.8) is 0 Å². The van der Waals surface area contributed by atoms with E-state index < -0.39 is 6.29 Å². The number of nitrogens with one attached hydrogen (secondary N) is 1. The van der Waals surface area contributed by atoms with E-state index in [1.165, 1.54) is 0 Å². The highest BCUT2D eigenvalue weighted by atomic mass is 79.9. The summed E-state index contributed by atoms with van der Waals surface area (Å²) in [6.07, 6.45) is 0.956. The number of carbonyl (C=O) groups is 1. The van der Waals surface area contributed by atoms with Crippen LogP contribution >= 0.6 is 15.9 Å². The zero-order chi connectivity index (χ0) is 17.1. The first-order valence-corrected chi connectivity index (χ1v) is 8.53. The van der Waals surface area contributed by atoms with Gasteiger partial charge in [0, 0.05) is 23.0 Å². The van der Waals surface area contributed by atoms with Crippen LogP contribution in [-0.2, 0) is 4.74 Å². The summed E-state index contributed by atoms with van der Waals surface area (Å²) in [6, 6.07) is 13.3. The number of carbonyl (C=O) groups excluding carboxylic acids is 1. The van der Waals surface area contributed by atoms with Crippen molar-refractivity contribution in [2.24, 2.45) is 0 Å². The molecule has 3 rings (SSSR count). The Labute approximate surface area is 149 Å². The molecule has 1 heterocycles. The number of ether oxygens (including phenoxy) is 2. The van der Waals surface area contributed by atoms with E-state index in [0.717, 1.165) is 15.7 Å². The van der Waals surface area contributed by atoms with Gasteiger partial charge in [-0.15, -0.1) is 0 Å². The number of hydrogen-bond acceptors (Lipinski definition) is 4. The standard InChI is InChI=1S/C19H18BrNO3/c1-3-23-19-16(11-21-14-7-5-13(20)6-8-14)18(22)15-10-12(2)4-9-17(15)24-19/h4-11,19,21H,3H2,1-2H3/b16-11-/t19-/m0/s1. The third kappa shape index (κ3) is 3.52. The van der Waals surface area contributed by atoms with E-state index in [1.807, 2.05) is 56.3 Å². The van der Waals surface area contributed by atoms with Crippen LogP contribution in [0.15, 0.2) is 58.7 Å². The third-order valence-electron chi connectivity index (χ3n) is 3.69. The minimum Gasteiger partial charge on any atom is -0.460 e. The maximum atomic E-state index is 12.9. The summed E-state index contributed by atoms with van der Waals surface area (Å²) in [7, 11) is 0. The van der Waals surface area contributed by atoms with Crippen LogP contribution in [0.1, 0.15) is 22.8 Å². The summed E-state index contributed by atoms with van der Waals surface area (Å²) < 4.78 is 12.5. The molecule has 0 spiro atoms. The maximum Gasteiger partial charge on any atom is 0.232 e. The molecule has 1 N–H and O–H groups in total. The molecule has 0 aromatic heterocycles. The minimum absolute atomic E-state index is 0.0805. The molecule has 1 aliphatic heterocycles. The average molecular weight is 388 g/mol. The number of hydrogen-bond donors (Lipinski definition) is 1. The Balaban J connectivity index is 1.92. The monoisotopic (exact) mass is 387 g/mol. The highest BCUT2D eigenvalue weighted by Crippen LogP contribution is 2.32. The van der Waals surface area contributed by atoms with Gasteiger partial charge in [-0.1, -0.05) is 27.6 Å². The van der Waals surface area contributed by atoms with Crippen LogP contribution in [0.5, 0.6) is 5.75 Å². The van der Waals surface area contributed by atoms with Gasteiger partial charge in [-0.2, -0.15) is 0 Å². The van der Waals surface area contributed by atoms with Crippen LogP contribution in [-0.4, -0.2) is 18.7 Å². The number of anilines is 1. The number of Topliss-reactive ketones (excluding diaryl/α,β-unsaturated/α-hetero) is 1. The first-order chi connectivity index (χ1) is 11.6. The summed E-state index contributed by atoms with van der Waals surface area (Å²) in [5.41, 5.74) is 2.91. The van der Waals surface area contributed by atoms with E-state index in [2.05, 4.69) is 21.2 Å². The predicted molar refractivity (Wildman–Crippen MR) is 97.4 cm³/mol. The Bertz CT molecular complexity index is 784. The van der Waals surface area contributed by atoms with Crippen LogP contribution in [0.4, 0.5) is 5.69 Å². The lowest BCUT2D eigenvalue weighted by Gasteiger charge is -2.27. The van der Waals surface area contributed by atoms with Crippen molar-refractivity contribution >= 4 is 27.4 Å². The Morgan fingerprint density at radius 1 is 1.25 bits per heavy atom. The molecule has 4 nitrogen and oxygen atoms in total. The third-order valence-corrected chi connectivity index (χ3v) is 4.22. The van der Waals surface area contributed by atoms with Crippen molar-refractivity contribution in [3.8, 4) is 5.75 Å². The highest BCUT2D eigenvalue weighted by Gasteiger charge is 2.32. The fourth-order valence-electron chi connectivity index (χ4n) is 2.48. The van der Waals surface area contributed by atoms with Crippen molar-refractivity contribution in [1.82, 2.24) is 0 Å². The Kier molecular flexibility index (Phi) is 5.02. The zero-order valence-electron chi connectivity index (χ0n) is 13.5. The van der Waals surface area contributed by atoms with Gasteiger partial charge < -0.3 is 14.8 Å². The van der Waals surface area contributed by atoms with Gasteiger partial charge in [0.15, 0.2) is 5.78 Å². The molecule has 1 atom stereocenters. The molecule has 0 saturated carbocycles. The molecule has 0 aliphatic carbocycles. The number of benzene rings is 2. The molecule has 0 bridgehead atoms. The molecule has 24 heavy (non-hydrogen) atoms. The summed E-state index contributed by atoms with van der Waals surface area (Å²) in [6.45, 7) is 4.28. The molecule has 0 fully saturated rings. The lowest BCUT2D eigenvalue weighted by molar-refractivity contribution is -0.0509. The predicted octanol–water partition coefficient (Wildman–Crippen LogP) is 4.69. The molecule has 1 aliphatic rings. The lowest BCUT2D eigenvalue weighted by atomic mass is 9.98. The second-order valence-corrected chi connectivity index (χ2v) is 6.40. The van der Waals surface area contributed by atoms with Crippen LogP contribution in [0, 0.1) is 6.92 Å².